The minimum Gasteiger partial charge on any atom is -0.490 e. The van der Waals surface area contributed by atoms with E-state index in [1.807, 2.05) is 12.1 Å². The zero-order valence-corrected chi connectivity index (χ0v) is 17.4. The van der Waals surface area contributed by atoms with Crippen LogP contribution in [-0.2, 0) is 4.74 Å². The molecule has 1 aliphatic carbocycles. The molecule has 1 fully saturated rings. The predicted octanol–water partition coefficient (Wildman–Crippen LogP) is 2.98. The summed E-state index contributed by atoms with van der Waals surface area (Å²) in [6.45, 7) is 2.72. The van der Waals surface area contributed by atoms with Crippen LogP contribution in [0.15, 0.2) is 29.5 Å². The number of halogens is 1. The molecule has 6 nitrogen and oxygen atoms in total. The first-order valence-corrected chi connectivity index (χ1v) is 8.97. The zero-order valence-electron chi connectivity index (χ0n) is 15.1. The average Bonchev–Trinajstić information content (AvgIpc) is 2.90. The number of guanidine groups is 1. The van der Waals surface area contributed by atoms with Gasteiger partial charge in [-0.2, -0.15) is 0 Å². The summed E-state index contributed by atoms with van der Waals surface area (Å²) in [5, 5.41) is 6.50. The van der Waals surface area contributed by atoms with Crippen molar-refractivity contribution in [1.29, 1.82) is 0 Å². The van der Waals surface area contributed by atoms with Crippen LogP contribution in [0.4, 0.5) is 0 Å². The van der Waals surface area contributed by atoms with Gasteiger partial charge in [0.1, 0.15) is 12.4 Å². The maximum atomic E-state index is 5.96. The van der Waals surface area contributed by atoms with Gasteiger partial charge in [-0.15, -0.1) is 24.0 Å². The molecule has 25 heavy (non-hydrogen) atoms. The topological polar surface area (TPSA) is 67.8 Å². The standard InChI is InChI=1S/C18H30N4O2.HI/c1-19-18(22-12-14-24-17-9-6-10-20-15-17)21-11-13-23-16-7-4-2-3-5-8-16;/h6,9-10,15-16H,2-5,7-8,11-14H2,1H3,(H2,19,21,22);1H. The Labute approximate surface area is 168 Å². The van der Waals surface area contributed by atoms with Crippen molar-refractivity contribution >= 4 is 29.9 Å². The Morgan fingerprint density at radius 2 is 1.88 bits per heavy atom. The fourth-order valence-electron chi connectivity index (χ4n) is 2.79. The number of hydrogen-bond donors (Lipinski definition) is 2. The molecular weight excluding hydrogens is 431 g/mol. The molecule has 0 aliphatic heterocycles. The average molecular weight is 462 g/mol. The molecule has 0 bridgehead atoms. The summed E-state index contributed by atoms with van der Waals surface area (Å²) in [4.78, 5) is 8.22. The molecule has 142 valence electrons. The molecule has 2 rings (SSSR count). The molecule has 0 spiro atoms. The summed E-state index contributed by atoms with van der Waals surface area (Å²) < 4.78 is 11.5. The number of aliphatic imine (C=N–C) groups is 1. The van der Waals surface area contributed by atoms with Gasteiger partial charge in [0, 0.05) is 19.8 Å². The maximum absolute atomic E-state index is 5.96. The van der Waals surface area contributed by atoms with E-state index in [-0.39, 0.29) is 24.0 Å². The largest absolute Gasteiger partial charge is 0.490 e. The molecule has 7 heteroatoms. The summed E-state index contributed by atoms with van der Waals surface area (Å²) in [7, 11) is 1.77. The second-order valence-electron chi connectivity index (χ2n) is 5.95. The second kappa shape index (κ2) is 14.1. The number of hydrogen-bond acceptors (Lipinski definition) is 4. The van der Waals surface area contributed by atoms with Crippen LogP contribution >= 0.6 is 24.0 Å². The van der Waals surface area contributed by atoms with Gasteiger partial charge in [0.15, 0.2) is 5.96 Å². The highest BCUT2D eigenvalue weighted by atomic mass is 127. The Bertz CT molecular complexity index is 465. The lowest BCUT2D eigenvalue weighted by atomic mass is 10.1. The highest BCUT2D eigenvalue weighted by molar-refractivity contribution is 14.0. The summed E-state index contributed by atoms with van der Waals surface area (Å²) in [6.07, 6.45) is 11.6. The van der Waals surface area contributed by atoms with Crippen LogP contribution in [0.1, 0.15) is 38.5 Å². The molecular formula is C18H31IN4O2. The molecule has 0 saturated heterocycles. The SMILES string of the molecule is CN=C(NCCOc1cccnc1)NCCOC1CCCCCC1.I. The molecule has 0 radical (unpaired) electrons. The van der Waals surface area contributed by atoms with Crippen LogP contribution < -0.4 is 15.4 Å². The second-order valence-corrected chi connectivity index (χ2v) is 5.95. The Hall–Kier alpha value is -1.09. The molecule has 1 heterocycles. The third kappa shape index (κ3) is 9.84. The lowest BCUT2D eigenvalue weighted by Gasteiger charge is -2.17. The van der Waals surface area contributed by atoms with Crippen molar-refractivity contribution in [3.05, 3.63) is 24.5 Å². The monoisotopic (exact) mass is 462 g/mol. The van der Waals surface area contributed by atoms with Gasteiger partial charge in [0.25, 0.3) is 0 Å². The number of aromatic nitrogens is 1. The third-order valence-corrected chi connectivity index (χ3v) is 4.07. The van der Waals surface area contributed by atoms with Gasteiger partial charge in [0.05, 0.1) is 25.5 Å². The fourth-order valence-corrected chi connectivity index (χ4v) is 2.79. The minimum atomic E-state index is 0. The van der Waals surface area contributed by atoms with E-state index >= 15 is 0 Å². The van der Waals surface area contributed by atoms with Crippen molar-refractivity contribution in [2.24, 2.45) is 4.99 Å². The highest BCUT2D eigenvalue weighted by Crippen LogP contribution is 2.19. The molecule has 2 N–H and O–H groups in total. The Morgan fingerprint density at radius 3 is 2.52 bits per heavy atom. The van der Waals surface area contributed by atoms with Crippen molar-refractivity contribution in [2.75, 3.05) is 33.4 Å². The summed E-state index contributed by atoms with van der Waals surface area (Å²) in [5.74, 6) is 1.55. The quantitative estimate of drug-likeness (QED) is 0.205. The number of rotatable bonds is 8. The summed E-state index contributed by atoms with van der Waals surface area (Å²) >= 11 is 0. The van der Waals surface area contributed by atoms with Crippen LogP contribution in [0.25, 0.3) is 0 Å². The van der Waals surface area contributed by atoms with Crippen LogP contribution in [0.3, 0.4) is 0 Å². The van der Waals surface area contributed by atoms with Crippen LogP contribution in [0.2, 0.25) is 0 Å². The maximum Gasteiger partial charge on any atom is 0.191 e. The normalized spacial score (nSPS) is 15.8. The highest BCUT2D eigenvalue weighted by Gasteiger charge is 2.12. The van der Waals surface area contributed by atoms with E-state index in [1.165, 1.54) is 38.5 Å². The van der Waals surface area contributed by atoms with Crippen molar-refractivity contribution in [1.82, 2.24) is 15.6 Å². The van der Waals surface area contributed by atoms with Gasteiger partial charge in [-0.05, 0) is 25.0 Å². The third-order valence-electron chi connectivity index (χ3n) is 4.07. The van der Waals surface area contributed by atoms with Crippen LogP contribution in [0.5, 0.6) is 5.75 Å². The molecule has 0 atom stereocenters. The number of pyridine rings is 1. The first-order valence-electron chi connectivity index (χ1n) is 8.97. The van der Waals surface area contributed by atoms with Gasteiger partial charge in [0.2, 0.25) is 0 Å². The molecule has 1 aliphatic rings. The van der Waals surface area contributed by atoms with Crippen molar-refractivity contribution in [3.63, 3.8) is 0 Å². The number of ether oxygens (including phenoxy) is 2. The lowest BCUT2D eigenvalue weighted by molar-refractivity contribution is 0.0468. The Morgan fingerprint density at radius 1 is 1.16 bits per heavy atom. The van der Waals surface area contributed by atoms with E-state index in [1.54, 1.807) is 19.4 Å². The molecule has 0 amide bonds. The molecule has 1 aromatic heterocycles. The van der Waals surface area contributed by atoms with E-state index in [9.17, 15) is 0 Å². The summed E-state index contributed by atoms with van der Waals surface area (Å²) in [6, 6.07) is 3.75. The van der Waals surface area contributed by atoms with Gasteiger partial charge in [-0.25, -0.2) is 0 Å². The molecule has 1 saturated carbocycles. The number of nitrogens with one attached hydrogen (secondary N) is 2. The van der Waals surface area contributed by atoms with E-state index in [4.69, 9.17) is 9.47 Å². The van der Waals surface area contributed by atoms with E-state index in [2.05, 4.69) is 20.6 Å². The molecule has 1 aromatic rings. The lowest BCUT2D eigenvalue weighted by Crippen LogP contribution is -2.41. The van der Waals surface area contributed by atoms with Crippen molar-refractivity contribution in [3.8, 4) is 5.75 Å². The van der Waals surface area contributed by atoms with E-state index < -0.39 is 0 Å². The zero-order chi connectivity index (χ0) is 16.9. The smallest absolute Gasteiger partial charge is 0.191 e. The number of nitrogens with zero attached hydrogens (tertiary/aromatic N) is 2. The van der Waals surface area contributed by atoms with Gasteiger partial charge in [-0.1, -0.05) is 25.7 Å². The van der Waals surface area contributed by atoms with Gasteiger partial charge < -0.3 is 20.1 Å². The van der Waals surface area contributed by atoms with Gasteiger partial charge in [-0.3, -0.25) is 9.98 Å². The fraction of sp³-hybridized carbons (Fsp3) is 0.667. The Kier molecular flexibility index (Phi) is 12.4. The first-order chi connectivity index (χ1) is 11.9. The van der Waals surface area contributed by atoms with Crippen LogP contribution in [-0.4, -0.2) is 50.4 Å². The minimum absolute atomic E-state index is 0. The molecule has 0 unspecified atom stereocenters. The predicted molar refractivity (Wildman–Crippen MR) is 112 cm³/mol. The van der Waals surface area contributed by atoms with Crippen molar-refractivity contribution < 1.29 is 9.47 Å². The Balaban J connectivity index is 0.00000312. The first kappa shape index (κ1) is 22.0. The van der Waals surface area contributed by atoms with Crippen molar-refractivity contribution in [2.45, 2.75) is 44.6 Å². The van der Waals surface area contributed by atoms with E-state index in [0.717, 1.165) is 24.9 Å². The molecule has 0 aromatic carbocycles. The van der Waals surface area contributed by atoms with Gasteiger partial charge >= 0.3 is 0 Å². The van der Waals surface area contributed by atoms with Crippen LogP contribution in [0, 0.1) is 0 Å². The van der Waals surface area contributed by atoms with E-state index in [0.29, 0.717) is 19.3 Å². The summed E-state index contributed by atoms with van der Waals surface area (Å²) in [5.41, 5.74) is 0.